The summed E-state index contributed by atoms with van der Waals surface area (Å²) >= 11 is 0. The average Bonchev–Trinajstić information content (AvgIpc) is 2.76. The molecule has 0 aromatic heterocycles. The fraction of sp³-hybridized carbons (Fsp3) is 0.857. The van der Waals surface area contributed by atoms with Crippen LogP contribution in [0, 0.1) is 11.8 Å². The van der Waals surface area contributed by atoms with E-state index in [1.807, 2.05) is 27.7 Å². The average molecular weight is 288 g/mol. The minimum atomic E-state index is -0.989. The van der Waals surface area contributed by atoms with Crippen molar-refractivity contribution in [1.82, 2.24) is 10.2 Å². The van der Waals surface area contributed by atoms with Crippen molar-refractivity contribution in [2.45, 2.75) is 52.4 Å². The fourth-order valence-electron chi connectivity index (χ4n) is 2.58. The zero-order valence-corrected chi connectivity index (χ0v) is 12.9. The number of rotatable bonds is 4. The van der Waals surface area contributed by atoms with Gasteiger partial charge in [-0.3, -0.25) is 4.79 Å². The van der Waals surface area contributed by atoms with Crippen LogP contribution in [0.5, 0.6) is 0 Å². The number of nitrogens with zero attached hydrogens (tertiary/aromatic N) is 1. The molecule has 0 unspecified atom stereocenters. The number of nitrogens with one attached hydrogen (secondary N) is 1. The summed E-state index contributed by atoms with van der Waals surface area (Å²) < 4.78 is 18.2. The maximum atomic E-state index is 13.6. The van der Waals surface area contributed by atoms with Gasteiger partial charge < -0.3 is 15.0 Å². The Kier molecular flexibility index (Phi) is 5.77. The third kappa shape index (κ3) is 3.84. The van der Waals surface area contributed by atoms with E-state index in [4.69, 9.17) is 0 Å². The first-order valence-corrected chi connectivity index (χ1v) is 7.07. The topological polar surface area (TPSA) is 58.6 Å². The van der Waals surface area contributed by atoms with Crippen molar-refractivity contribution in [3.05, 3.63) is 0 Å². The van der Waals surface area contributed by atoms with Gasteiger partial charge in [0.25, 0.3) is 0 Å². The molecule has 1 rings (SSSR count). The molecular formula is C14H25FN2O3. The number of carbonyl (C=O) groups is 2. The highest BCUT2D eigenvalue weighted by atomic mass is 19.1. The summed E-state index contributed by atoms with van der Waals surface area (Å²) in [5.74, 6) is -0.136. The third-order valence-corrected chi connectivity index (χ3v) is 3.74. The first-order valence-electron chi connectivity index (χ1n) is 7.07. The van der Waals surface area contributed by atoms with Crippen molar-refractivity contribution >= 4 is 12.0 Å². The number of likely N-dealkylation sites (tertiary alicyclic amines) is 1. The van der Waals surface area contributed by atoms with E-state index in [9.17, 15) is 14.0 Å². The van der Waals surface area contributed by atoms with Gasteiger partial charge in [-0.1, -0.05) is 27.7 Å². The molecule has 1 aliphatic rings. The molecule has 5 nitrogen and oxygen atoms in total. The summed E-state index contributed by atoms with van der Waals surface area (Å²) in [7, 11) is 1.25. The normalized spacial score (nSPS) is 24.1. The first-order chi connectivity index (χ1) is 9.27. The lowest BCUT2D eigenvalue weighted by molar-refractivity contribution is -0.136. The summed E-state index contributed by atoms with van der Waals surface area (Å²) in [6.45, 7) is 7.73. The maximum absolute atomic E-state index is 13.6. The highest BCUT2D eigenvalue weighted by molar-refractivity contribution is 5.86. The van der Waals surface area contributed by atoms with Gasteiger partial charge in [0.2, 0.25) is 5.91 Å². The Bertz CT molecular complexity index is 360. The number of ether oxygens (including phenoxy) is 1. The van der Waals surface area contributed by atoms with E-state index in [-0.39, 0.29) is 30.3 Å². The van der Waals surface area contributed by atoms with Crippen LogP contribution in [0.4, 0.5) is 9.18 Å². The zero-order chi connectivity index (χ0) is 15.4. The van der Waals surface area contributed by atoms with Gasteiger partial charge in [0.15, 0.2) is 0 Å². The van der Waals surface area contributed by atoms with E-state index < -0.39 is 18.3 Å². The second-order valence-electron chi connectivity index (χ2n) is 5.99. The number of carbonyl (C=O) groups excluding carboxylic acids is 2. The lowest BCUT2D eigenvalue weighted by Crippen LogP contribution is -2.53. The van der Waals surface area contributed by atoms with E-state index >= 15 is 0 Å². The highest BCUT2D eigenvalue weighted by Gasteiger charge is 2.40. The summed E-state index contributed by atoms with van der Waals surface area (Å²) in [6, 6.07) is -0.799. The van der Waals surface area contributed by atoms with Crippen molar-refractivity contribution in [1.29, 1.82) is 0 Å². The Labute approximate surface area is 119 Å². The minimum absolute atomic E-state index is 0.0897. The third-order valence-electron chi connectivity index (χ3n) is 3.74. The molecule has 2 amide bonds. The van der Waals surface area contributed by atoms with E-state index in [0.717, 1.165) is 0 Å². The van der Waals surface area contributed by atoms with Crippen LogP contribution in [0.25, 0.3) is 0 Å². The smallest absolute Gasteiger partial charge is 0.407 e. The highest BCUT2D eigenvalue weighted by Crippen LogP contribution is 2.27. The van der Waals surface area contributed by atoms with Crippen LogP contribution in [-0.2, 0) is 9.53 Å². The van der Waals surface area contributed by atoms with Crippen LogP contribution in [0.1, 0.15) is 34.1 Å². The Morgan fingerprint density at radius 2 is 1.90 bits per heavy atom. The number of amides is 2. The molecule has 0 saturated carbocycles. The van der Waals surface area contributed by atoms with Crippen LogP contribution in [0.3, 0.4) is 0 Å². The molecule has 0 aliphatic carbocycles. The molecule has 1 fully saturated rings. The molecule has 116 valence electrons. The molecule has 0 aromatic rings. The van der Waals surface area contributed by atoms with Crippen LogP contribution in [-0.4, -0.2) is 48.8 Å². The predicted molar refractivity (Wildman–Crippen MR) is 74.0 cm³/mol. The zero-order valence-electron chi connectivity index (χ0n) is 12.9. The lowest BCUT2D eigenvalue weighted by Gasteiger charge is -2.32. The number of hydrogen-bond acceptors (Lipinski definition) is 3. The van der Waals surface area contributed by atoms with Crippen molar-refractivity contribution in [3.63, 3.8) is 0 Å². The number of methoxy groups -OCH3 is 1. The second kappa shape index (κ2) is 6.90. The minimum Gasteiger partial charge on any atom is -0.453 e. The fourth-order valence-corrected chi connectivity index (χ4v) is 2.58. The summed E-state index contributed by atoms with van der Waals surface area (Å²) in [4.78, 5) is 25.5. The molecule has 3 atom stereocenters. The van der Waals surface area contributed by atoms with Gasteiger partial charge >= 0.3 is 6.09 Å². The Hall–Kier alpha value is -1.33. The SMILES string of the molecule is COC(=O)N[C@H](C(=O)N1C[C@@H](F)C[C@H]1C(C)C)C(C)C. The van der Waals surface area contributed by atoms with Gasteiger partial charge in [-0.15, -0.1) is 0 Å². The molecule has 1 aliphatic heterocycles. The second-order valence-corrected chi connectivity index (χ2v) is 5.99. The monoisotopic (exact) mass is 288 g/mol. The largest absolute Gasteiger partial charge is 0.453 e. The van der Waals surface area contributed by atoms with Crippen LogP contribution >= 0.6 is 0 Å². The molecule has 0 radical (unpaired) electrons. The molecule has 1 saturated heterocycles. The lowest BCUT2D eigenvalue weighted by atomic mass is 9.98. The molecule has 0 spiro atoms. The van der Waals surface area contributed by atoms with Crippen LogP contribution in [0.15, 0.2) is 0 Å². The molecule has 6 heteroatoms. The van der Waals surface area contributed by atoms with Gasteiger partial charge in [0.1, 0.15) is 12.2 Å². The van der Waals surface area contributed by atoms with E-state index in [1.54, 1.807) is 4.90 Å². The Morgan fingerprint density at radius 3 is 2.35 bits per heavy atom. The van der Waals surface area contributed by atoms with Crippen LogP contribution in [0.2, 0.25) is 0 Å². The van der Waals surface area contributed by atoms with Crippen molar-refractivity contribution in [2.75, 3.05) is 13.7 Å². The van der Waals surface area contributed by atoms with Crippen molar-refractivity contribution in [2.24, 2.45) is 11.8 Å². The molecule has 0 bridgehead atoms. The number of alkyl carbamates (subject to hydrolysis) is 1. The van der Waals surface area contributed by atoms with Crippen molar-refractivity contribution < 1.29 is 18.7 Å². The van der Waals surface area contributed by atoms with Gasteiger partial charge in [-0.25, -0.2) is 9.18 Å². The maximum Gasteiger partial charge on any atom is 0.407 e. The number of alkyl halides is 1. The van der Waals surface area contributed by atoms with Crippen LogP contribution < -0.4 is 5.32 Å². The van der Waals surface area contributed by atoms with Gasteiger partial charge in [-0.05, 0) is 11.8 Å². The standard InChI is InChI=1S/C14H25FN2O3/c1-8(2)11-6-10(15)7-17(11)13(18)12(9(3)4)16-14(19)20-5/h8-12H,6-7H2,1-5H3,(H,16,19)/t10-,11-,12-/m0/s1. The molecular weight excluding hydrogens is 263 g/mol. The molecule has 0 aromatic carbocycles. The van der Waals surface area contributed by atoms with Gasteiger partial charge in [0.05, 0.1) is 13.7 Å². The quantitative estimate of drug-likeness (QED) is 0.860. The summed E-state index contributed by atoms with van der Waals surface area (Å²) in [5, 5.41) is 2.54. The summed E-state index contributed by atoms with van der Waals surface area (Å²) in [5.41, 5.74) is 0. The van der Waals surface area contributed by atoms with Gasteiger partial charge in [0, 0.05) is 12.5 Å². The van der Waals surface area contributed by atoms with Gasteiger partial charge in [-0.2, -0.15) is 0 Å². The first kappa shape index (κ1) is 16.7. The molecule has 1 heterocycles. The number of halogens is 1. The van der Waals surface area contributed by atoms with E-state index in [1.165, 1.54) is 7.11 Å². The molecule has 20 heavy (non-hydrogen) atoms. The van der Waals surface area contributed by atoms with E-state index in [0.29, 0.717) is 6.42 Å². The number of hydrogen-bond donors (Lipinski definition) is 1. The Balaban J connectivity index is 2.85. The van der Waals surface area contributed by atoms with Crippen molar-refractivity contribution in [3.8, 4) is 0 Å². The van der Waals surface area contributed by atoms with E-state index in [2.05, 4.69) is 10.1 Å². The summed E-state index contributed by atoms with van der Waals surface area (Å²) in [6.07, 6.45) is -1.27. The Morgan fingerprint density at radius 1 is 1.30 bits per heavy atom. The predicted octanol–water partition coefficient (Wildman–Crippen LogP) is 1.96. The molecule has 1 N–H and O–H groups in total.